The molecule has 0 radical (unpaired) electrons. The third-order valence-corrected chi connectivity index (χ3v) is 4.78. The summed E-state index contributed by atoms with van der Waals surface area (Å²) in [6.45, 7) is 3.40. The monoisotopic (exact) mass is 318 g/mol. The number of aromatic nitrogens is 1. The predicted molar refractivity (Wildman–Crippen MR) is 89.4 cm³/mol. The number of likely N-dealkylation sites (tertiary alicyclic amines) is 1. The summed E-state index contributed by atoms with van der Waals surface area (Å²) < 4.78 is 0. The van der Waals surface area contributed by atoms with Gasteiger partial charge in [0.2, 0.25) is 0 Å². The SMILES string of the molecule is O=C(NCc1ccnc(N2CCCCC2)c1)N1CCCC1CO. The van der Waals surface area contributed by atoms with Crippen molar-refractivity contribution in [2.75, 3.05) is 31.1 Å². The van der Waals surface area contributed by atoms with E-state index < -0.39 is 0 Å². The Morgan fingerprint density at radius 2 is 2.09 bits per heavy atom. The first-order valence-corrected chi connectivity index (χ1v) is 8.63. The van der Waals surface area contributed by atoms with Crippen LogP contribution in [0, 0.1) is 0 Å². The molecule has 23 heavy (non-hydrogen) atoms. The number of pyridine rings is 1. The normalized spacial score (nSPS) is 21.5. The number of aliphatic hydroxyl groups excluding tert-OH is 1. The summed E-state index contributed by atoms with van der Waals surface area (Å²) in [5, 5.41) is 12.3. The van der Waals surface area contributed by atoms with E-state index in [1.54, 1.807) is 4.90 Å². The number of nitrogens with zero attached hydrogens (tertiary/aromatic N) is 3. The molecule has 0 aromatic carbocycles. The second-order valence-electron chi connectivity index (χ2n) is 6.40. The van der Waals surface area contributed by atoms with Crippen LogP contribution in [-0.2, 0) is 6.54 Å². The standard InChI is InChI=1S/C17H26N4O2/c22-13-15-5-4-10-21(15)17(23)19-12-14-6-7-18-16(11-14)20-8-2-1-3-9-20/h6-7,11,15,22H,1-5,8-10,12-13H2,(H,19,23). The Labute approximate surface area is 137 Å². The van der Waals surface area contributed by atoms with E-state index >= 15 is 0 Å². The maximum atomic E-state index is 12.3. The van der Waals surface area contributed by atoms with Gasteiger partial charge in [-0.3, -0.25) is 0 Å². The largest absolute Gasteiger partial charge is 0.394 e. The van der Waals surface area contributed by atoms with Crippen LogP contribution in [0.4, 0.5) is 10.6 Å². The highest BCUT2D eigenvalue weighted by Gasteiger charge is 2.27. The lowest BCUT2D eigenvalue weighted by Gasteiger charge is -2.28. The summed E-state index contributed by atoms with van der Waals surface area (Å²) in [7, 11) is 0. The summed E-state index contributed by atoms with van der Waals surface area (Å²) in [6, 6.07) is 3.90. The number of amides is 2. The highest BCUT2D eigenvalue weighted by Crippen LogP contribution is 2.19. The summed E-state index contributed by atoms with van der Waals surface area (Å²) in [5.41, 5.74) is 1.06. The smallest absolute Gasteiger partial charge is 0.317 e. The van der Waals surface area contributed by atoms with E-state index in [1.807, 2.05) is 12.3 Å². The molecule has 1 aromatic rings. The number of nitrogens with one attached hydrogen (secondary N) is 1. The fraction of sp³-hybridized carbons (Fsp3) is 0.647. The van der Waals surface area contributed by atoms with Crippen molar-refractivity contribution in [3.63, 3.8) is 0 Å². The molecule has 0 bridgehead atoms. The number of hydrogen-bond donors (Lipinski definition) is 2. The average molecular weight is 318 g/mol. The lowest BCUT2D eigenvalue weighted by atomic mass is 10.1. The third-order valence-electron chi connectivity index (χ3n) is 4.78. The zero-order valence-electron chi connectivity index (χ0n) is 13.6. The molecule has 1 atom stereocenters. The van der Waals surface area contributed by atoms with Crippen LogP contribution in [0.15, 0.2) is 18.3 Å². The molecule has 2 aliphatic heterocycles. The molecule has 2 saturated heterocycles. The van der Waals surface area contributed by atoms with E-state index in [-0.39, 0.29) is 18.7 Å². The molecule has 6 nitrogen and oxygen atoms in total. The van der Waals surface area contributed by atoms with E-state index in [9.17, 15) is 9.90 Å². The number of aliphatic hydroxyl groups is 1. The molecule has 1 unspecified atom stereocenters. The Morgan fingerprint density at radius 1 is 1.26 bits per heavy atom. The number of carbonyl (C=O) groups excluding carboxylic acids is 1. The minimum Gasteiger partial charge on any atom is -0.394 e. The molecule has 2 N–H and O–H groups in total. The zero-order chi connectivity index (χ0) is 16.1. The van der Waals surface area contributed by atoms with Crippen LogP contribution in [0.1, 0.15) is 37.7 Å². The first-order chi connectivity index (χ1) is 11.3. The fourth-order valence-electron chi connectivity index (χ4n) is 3.44. The second kappa shape index (κ2) is 7.64. The number of hydrogen-bond acceptors (Lipinski definition) is 4. The molecule has 2 fully saturated rings. The van der Waals surface area contributed by atoms with E-state index in [0.29, 0.717) is 6.54 Å². The van der Waals surface area contributed by atoms with Gasteiger partial charge in [0.25, 0.3) is 0 Å². The summed E-state index contributed by atoms with van der Waals surface area (Å²) in [4.78, 5) is 20.8. The van der Waals surface area contributed by atoms with Gasteiger partial charge in [-0.15, -0.1) is 0 Å². The van der Waals surface area contributed by atoms with Crippen molar-refractivity contribution in [2.24, 2.45) is 0 Å². The highest BCUT2D eigenvalue weighted by molar-refractivity contribution is 5.74. The van der Waals surface area contributed by atoms with E-state index in [0.717, 1.165) is 43.9 Å². The van der Waals surface area contributed by atoms with Crippen molar-refractivity contribution in [3.05, 3.63) is 23.9 Å². The maximum Gasteiger partial charge on any atom is 0.317 e. The Bertz CT molecular complexity index is 531. The van der Waals surface area contributed by atoms with Gasteiger partial charge in [-0.05, 0) is 49.8 Å². The molecule has 126 valence electrons. The van der Waals surface area contributed by atoms with Gasteiger partial charge in [0.1, 0.15) is 5.82 Å². The van der Waals surface area contributed by atoms with Crippen molar-refractivity contribution in [1.82, 2.24) is 15.2 Å². The summed E-state index contributed by atoms with van der Waals surface area (Å²) in [5.74, 6) is 1.01. The number of anilines is 1. The van der Waals surface area contributed by atoms with Crippen LogP contribution in [0.5, 0.6) is 0 Å². The molecule has 0 aliphatic carbocycles. The Kier molecular flexibility index (Phi) is 5.33. The van der Waals surface area contributed by atoms with Crippen molar-refractivity contribution in [1.29, 1.82) is 0 Å². The number of rotatable bonds is 4. The average Bonchev–Trinajstić information content (AvgIpc) is 3.09. The summed E-state index contributed by atoms with van der Waals surface area (Å²) in [6.07, 6.45) is 7.41. The van der Waals surface area contributed by atoms with Crippen molar-refractivity contribution < 1.29 is 9.90 Å². The molecule has 2 amide bonds. The van der Waals surface area contributed by atoms with Crippen LogP contribution in [0.25, 0.3) is 0 Å². The van der Waals surface area contributed by atoms with Crippen LogP contribution in [0.2, 0.25) is 0 Å². The molecular weight excluding hydrogens is 292 g/mol. The molecule has 1 aromatic heterocycles. The molecule has 0 saturated carbocycles. The zero-order valence-corrected chi connectivity index (χ0v) is 13.6. The van der Waals surface area contributed by atoms with E-state index in [1.165, 1.54) is 19.3 Å². The Morgan fingerprint density at radius 3 is 2.87 bits per heavy atom. The van der Waals surface area contributed by atoms with Gasteiger partial charge in [0.15, 0.2) is 0 Å². The van der Waals surface area contributed by atoms with Crippen LogP contribution >= 0.6 is 0 Å². The van der Waals surface area contributed by atoms with Crippen molar-refractivity contribution in [2.45, 2.75) is 44.7 Å². The quantitative estimate of drug-likeness (QED) is 0.887. The molecule has 3 rings (SSSR count). The topological polar surface area (TPSA) is 68.7 Å². The van der Waals surface area contributed by atoms with Gasteiger partial charge in [0.05, 0.1) is 12.6 Å². The van der Waals surface area contributed by atoms with Crippen LogP contribution < -0.4 is 10.2 Å². The lowest BCUT2D eigenvalue weighted by Crippen LogP contribution is -2.43. The van der Waals surface area contributed by atoms with Crippen molar-refractivity contribution >= 4 is 11.8 Å². The van der Waals surface area contributed by atoms with E-state index in [4.69, 9.17) is 0 Å². The number of urea groups is 1. The minimum atomic E-state index is -0.0853. The van der Waals surface area contributed by atoms with Gasteiger partial charge >= 0.3 is 6.03 Å². The van der Waals surface area contributed by atoms with Gasteiger partial charge in [0, 0.05) is 32.4 Å². The lowest BCUT2D eigenvalue weighted by molar-refractivity contribution is 0.157. The third kappa shape index (κ3) is 3.93. The predicted octanol–water partition coefficient (Wildman–Crippen LogP) is 1.74. The van der Waals surface area contributed by atoms with Crippen LogP contribution in [-0.4, -0.2) is 53.3 Å². The summed E-state index contributed by atoms with van der Waals surface area (Å²) >= 11 is 0. The Hall–Kier alpha value is -1.82. The minimum absolute atomic E-state index is 0.0312. The fourth-order valence-corrected chi connectivity index (χ4v) is 3.44. The van der Waals surface area contributed by atoms with Gasteiger partial charge in [-0.1, -0.05) is 0 Å². The van der Waals surface area contributed by atoms with Gasteiger partial charge in [-0.2, -0.15) is 0 Å². The maximum absolute atomic E-state index is 12.3. The molecular formula is C17H26N4O2. The number of piperidine rings is 1. The number of carbonyl (C=O) groups is 1. The molecule has 3 heterocycles. The molecule has 0 spiro atoms. The van der Waals surface area contributed by atoms with Gasteiger partial charge < -0.3 is 20.2 Å². The van der Waals surface area contributed by atoms with Crippen LogP contribution in [0.3, 0.4) is 0 Å². The van der Waals surface area contributed by atoms with E-state index in [2.05, 4.69) is 21.3 Å². The first-order valence-electron chi connectivity index (χ1n) is 8.63. The molecule has 2 aliphatic rings. The highest BCUT2D eigenvalue weighted by atomic mass is 16.3. The Balaban J connectivity index is 1.56. The van der Waals surface area contributed by atoms with Gasteiger partial charge in [-0.25, -0.2) is 9.78 Å². The molecule has 6 heteroatoms. The first kappa shape index (κ1) is 16.1. The van der Waals surface area contributed by atoms with Crippen molar-refractivity contribution in [3.8, 4) is 0 Å². The second-order valence-corrected chi connectivity index (χ2v) is 6.40.